The second-order valence-corrected chi connectivity index (χ2v) is 3.87. The number of pyridine rings is 1. The number of ketones is 1. The molecule has 1 aliphatic carbocycles. The lowest BCUT2D eigenvalue weighted by Crippen LogP contribution is -2.26. The molecule has 1 aromatic rings. The second kappa shape index (κ2) is 4.22. The maximum absolute atomic E-state index is 11.9. The summed E-state index contributed by atoms with van der Waals surface area (Å²) < 4.78 is 0. The van der Waals surface area contributed by atoms with Gasteiger partial charge in [0, 0.05) is 18.3 Å². The Kier molecular flexibility index (Phi) is 2.77. The Hall–Kier alpha value is -1.69. The minimum Gasteiger partial charge on any atom is -0.298 e. The van der Waals surface area contributed by atoms with Crippen LogP contribution in [0.5, 0.6) is 0 Å². The van der Waals surface area contributed by atoms with Crippen LogP contribution < -0.4 is 0 Å². The lowest BCUT2D eigenvalue weighted by atomic mass is 9.76. The highest BCUT2D eigenvalue weighted by atomic mass is 16.1. The fraction of sp³-hybridized carbons (Fsp3) is 0.417. The molecule has 15 heavy (non-hydrogen) atoms. The van der Waals surface area contributed by atoms with Crippen molar-refractivity contribution in [2.24, 2.45) is 5.92 Å². The van der Waals surface area contributed by atoms with Crippen LogP contribution in [-0.2, 0) is 4.79 Å². The molecule has 0 spiro atoms. The number of aromatic nitrogens is 1. The van der Waals surface area contributed by atoms with Gasteiger partial charge in [0.2, 0.25) is 0 Å². The van der Waals surface area contributed by atoms with Crippen LogP contribution in [0.25, 0.3) is 0 Å². The van der Waals surface area contributed by atoms with Gasteiger partial charge in [0.15, 0.2) is 5.78 Å². The standard InChI is InChI=1S/C12H12N2O/c13-8-11(9-4-6-14-7-5-9)12(15)10-2-1-3-10/h4-7,10-11H,1-3H2. The maximum Gasteiger partial charge on any atom is 0.157 e. The summed E-state index contributed by atoms with van der Waals surface area (Å²) in [6, 6.07) is 5.57. The third kappa shape index (κ3) is 1.89. The lowest BCUT2D eigenvalue weighted by Gasteiger charge is -2.25. The molecule has 1 atom stereocenters. The first-order valence-electron chi connectivity index (χ1n) is 5.16. The molecular weight excluding hydrogens is 188 g/mol. The van der Waals surface area contributed by atoms with Crippen molar-refractivity contribution in [1.82, 2.24) is 4.98 Å². The molecular formula is C12H12N2O. The van der Waals surface area contributed by atoms with Gasteiger partial charge in [-0.15, -0.1) is 0 Å². The fourth-order valence-electron chi connectivity index (χ4n) is 1.79. The molecule has 2 rings (SSSR count). The fourth-order valence-corrected chi connectivity index (χ4v) is 1.79. The second-order valence-electron chi connectivity index (χ2n) is 3.87. The van der Waals surface area contributed by atoms with Gasteiger partial charge in [-0.3, -0.25) is 9.78 Å². The smallest absolute Gasteiger partial charge is 0.157 e. The summed E-state index contributed by atoms with van der Waals surface area (Å²) in [6.45, 7) is 0. The number of carbonyl (C=O) groups is 1. The zero-order valence-corrected chi connectivity index (χ0v) is 8.39. The topological polar surface area (TPSA) is 53.8 Å². The van der Waals surface area contributed by atoms with Gasteiger partial charge in [-0.1, -0.05) is 6.42 Å². The summed E-state index contributed by atoms with van der Waals surface area (Å²) in [4.78, 5) is 15.8. The number of hydrogen-bond donors (Lipinski definition) is 0. The molecule has 0 aliphatic heterocycles. The molecule has 0 saturated heterocycles. The van der Waals surface area contributed by atoms with Crippen LogP contribution in [0.4, 0.5) is 0 Å². The predicted octanol–water partition coefficient (Wildman–Crippen LogP) is 2.06. The first-order chi connectivity index (χ1) is 7.33. The number of hydrogen-bond acceptors (Lipinski definition) is 3. The van der Waals surface area contributed by atoms with Gasteiger partial charge in [-0.05, 0) is 30.5 Å². The van der Waals surface area contributed by atoms with E-state index >= 15 is 0 Å². The number of carbonyl (C=O) groups excluding carboxylic acids is 1. The molecule has 1 saturated carbocycles. The summed E-state index contributed by atoms with van der Waals surface area (Å²) in [7, 11) is 0. The van der Waals surface area contributed by atoms with Gasteiger partial charge in [0.1, 0.15) is 5.92 Å². The minimum absolute atomic E-state index is 0.0787. The quantitative estimate of drug-likeness (QED) is 0.750. The van der Waals surface area contributed by atoms with Crippen molar-refractivity contribution in [3.05, 3.63) is 30.1 Å². The Balaban J connectivity index is 2.17. The van der Waals surface area contributed by atoms with E-state index in [-0.39, 0.29) is 11.7 Å². The summed E-state index contributed by atoms with van der Waals surface area (Å²) >= 11 is 0. The van der Waals surface area contributed by atoms with Gasteiger partial charge >= 0.3 is 0 Å². The molecule has 1 aliphatic rings. The van der Waals surface area contributed by atoms with E-state index in [1.165, 1.54) is 0 Å². The third-order valence-corrected chi connectivity index (χ3v) is 2.96. The van der Waals surface area contributed by atoms with Crippen LogP contribution >= 0.6 is 0 Å². The molecule has 0 bridgehead atoms. The van der Waals surface area contributed by atoms with E-state index < -0.39 is 5.92 Å². The van der Waals surface area contributed by atoms with Gasteiger partial charge in [-0.25, -0.2) is 0 Å². The van der Waals surface area contributed by atoms with E-state index in [9.17, 15) is 4.79 Å². The van der Waals surface area contributed by atoms with E-state index in [0.717, 1.165) is 24.8 Å². The average molecular weight is 200 g/mol. The Labute approximate surface area is 88.8 Å². The highest BCUT2D eigenvalue weighted by Crippen LogP contribution is 2.32. The van der Waals surface area contributed by atoms with Crippen molar-refractivity contribution >= 4 is 5.78 Å². The summed E-state index contributed by atoms with van der Waals surface area (Å²) in [5, 5.41) is 9.03. The molecule has 0 aromatic carbocycles. The van der Waals surface area contributed by atoms with Crippen LogP contribution in [0.15, 0.2) is 24.5 Å². The van der Waals surface area contributed by atoms with Crippen LogP contribution in [-0.4, -0.2) is 10.8 Å². The summed E-state index contributed by atoms with van der Waals surface area (Å²) in [5.41, 5.74) is 0.768. The first kappa shape index (κ1) is 9.85. The van der Waals surface area contributed by atoms with Gasteiger partial charge in [-0.2, -0.15) is 5.26 Å². The molecule has 1 heterocycles. The van der Waals surface area contributed by atoms with Gasteiger partial charge < -0.3 is 0 Å². The van der Waals surface area contributed by atoms with E-state index in [2.05, 4.69) is 11.1 Å². The van der Waals surface area contributed by atoms with Crippen molar-refractivity contribution in [3.63, 3.8) is 0 Å². The Morgan fingerprint density at radius 1 is 1.47 bits per heavy atom. The van der Waals surface area contributed by atoms with Crippen molar-refractivity contribution in [2.45, 2.75) is 25.2 Å². The number of Topliss-reactive ketones (excluding diaryl/α,β-unsaturated/α-hetero) is 1. The molecule has 1 aromatic heterocycles. The Morgan fingerprint density at radius 3 is 2.60 bits per heavy atom. The average Bonchev–Trinajstić information content (AvgIpc) is 2.18. The van der Waals surface area contributed by atoms with Gasteiger partial charge in [0.25, 0.3) is 0 Å². The summed E-state index contributed by atoms with van der Waals surface area (Å²) in [5.74, 6) is -0.406. The van der Waals surface area contributed by atoms with E-state index in [1.54, 1.807) is 24.5 Å². The highest BCUT2D eigenvalue weighted by Gasteiger charge is 2.31. The number of nitrogens with zero attached hydrogens (tertiary/aromatic N) is 2. The molecule has 0 N–H and O–H groups in total. The third-order valence-electron chi connectivity index (χ3n) is 2.96. The van der Waals surface area contributed by atoms with Crippen LogP contribution in [0.3, 0.4) is 0 Å². The SMILES string of the molecule is N#CC(C(=O)C1CCC1)c1ccncc1. The normalized spacial score (nSPS) is 17.5. The molecule has 3 heteroatoms. The molecule has 1 fully saturated rings. The molecule has 0 radical (unpaired) electrons. The van der Waals surface area contributed by atoms with E-state index in [1.807, 2.05) is 0 Å². The van der Waals surface area contributed by atoms with Crippen molar-refractivity contribution < 1.29 is 4.79 Å². The van der Waals surface area contributed by atoms with E-state index in [0.29, 0.717) is 0 Å². The van der Waals surface area contributed by atoms with Gasteiger partial charge in [0.05, 0.1) is 6.07 Å². The van der Waals surface area contributed by atoms with Crippen molar-refractivity contribution in [3.8, 4) is 6.07 Å². The van der Waals surface area contributed by atoms with Crippen LogP contribution in [0.2, 0.25) is 0 Å². The Morgan fingerprint density at radius 2 is 2.13 bits per heavy atom. The zero-order valence-electron chi connectivity index (χ0n) is 8.39. The summed E-state index contributed by atoms with van der Waals surface area (Å²) in [6.07, 6.45) is 6.25. The molecule has 1 unspecified atom stereocenters. The zero-order chi connectivity index (χ0) is 10.7. The Bertz CT molecular complexity index is 390. The van der Waals surface area contributed by atoms with Crippen LogP contribution in [0, 0.1) is 17.2 Å². The monoisotopic (exact) mass is 200 g/mol. The number of rotatable bonds is 3. The van der Waals surface area contributed by atoms with Crippen LogP contribution in [0.1, 0.15) is 30.7 Å². The maximum atomic E-state index is 11.9. The highest BCUT2D eigenvalue weighted by molar-refractivity contribution is 5.90. The largest absolute Gasteiger partial charge is 0.298 e. The first-order valence-corrected chi connectivity index (χ1v) is 5.16. The van der Waals surface area contributed by atoms with Crippen molar-refractivity contribution in [1.29, 1.82) is 5.26 Å². The predicted molar refractivity (Wildman–Crippen MR) is 54.9 cm³/mol. The molecule has 76 valence electrons. The molecule has 3 nitrogen and oxygen atoms in total. The minimum atomic E-state index is -0.599. The lowest BCUT2D eigenvalue weighted by molar-refractivity contribution is -0.125. The van der Waals surface area contributed by atoms with Crippen molar-refractivity contribution in [2.75, 3.05) is 0 Å². The molecule has 0 amide bonds. The van der Waals surface area contributed by atoms with E-state index in [4.69, 9.17) is 5.26 Å². The number of nitriles is 1.